The highest BCUT2D eigenvalue weighted by atomic mass is 16.5. The molecule has 0 saturated carbocycles. The molecule has 1 fully saturated rings. The van der Waals surface area contributed by atoms with Crippen LogP contribution in [-0.4, -0.2) is 29.7 Å². The lowest BCUT2D eigenvalue weighted by atomic mass is 10.1. The van der Waals surface area contributed by atoms with E-state index in [0.29, 0.717) is 5.92 Å². The van der Waals surface area contributed by atoms with E-state index in [1.807, 2.05) is 6.07 Å². The zero-order valence-electron chi connectivity index (χ0n) is 9.60. The fourth-order valence-electron chi connectivity index (χ4n) is 2.14. The standard InChI is InChI=1S/C11H19N3O/c1-7(2)10-6-9(13-15-10)11-8(12)4-5-14(11)3/h6-8,11H,4-5,12H2,1-3H3. The number of hydrogen-bond acceptors (Lipinski definition) is 4. The van der Waals surface area contributed by atoms with Crippen molar-refractivity contribution >= 4 is 0 Å². The van der Waals surface area contributed by atoms with Gasteiger partial charge in [0.2, 0.25) is 0 Å². The molecule has 84 valence electrons. The molecule has 0 bridgehead atoms. The molecule has 15 heavy (non-hydrogen) atoms. The molecule has 4 nitrogen and oxygen atoms in total. The molecular formula is C11H19N3O. The van der Waals surface area contributed by atoms with Crippen LogP contribution in [0.25, 0.3) is 0 Å². The van der Waals surface area contributed by atoms with E-state index in [-0.39, 0.29) is 12.1 Å². The summed E-state index contributed by atoms with van der Waals surface area (Å²) < 4.78 is 5.30. The summed E-state index contributed by atoms with van der Waals surface area (Å²) in [6, 6.07) is 2.44. The molecule has 0 amide bonds. The topological polar surface area (TPSA) is 55.3 Å². The molecule has 2 atom stereocenters. The lowest BCUT2D eigenvalue weighted by molar-refractivity contribution is 0.281. The highest BCUT2D eigenvalue weighted by Crippen LogP contribution is 2.30. The molecule has 2 heterocycles. The summed E-state index contributed by atoms with van der Waals surface area (Å²) in [5, 5.41) is 4.12. The minimum atomic E-state index is 0.181. The number of rotatable bonds is 2. The van der Waals surface area contributed by atoms with Crippen LogP contribution in [0, 0.1) is 0 Å². The van der Waals surface area contributed by atoms with Gasteiger partial charge in [0.05, 0.1) is 6.04 Å². The first-order valence-corrected chi connectivity index (χ1v) is 5.52. The molecule has 1 aliphatic heterocycles. The maximum absolute atomic E-state index is 6.06. The average Bonchev–Trinajstić information content (AvgIpc) is 2.73. The maximum Gasteiger partial charge on any atom is 0.139 e. The molecule has 2 N–H and O–H groups in total. The molecule has 1 aliphatic rings. The van der Waals surface area contributed by atoms with Crippen LogP contribution < -0.4 is 5.73 Å². The van der Waals surface area contributed by atoms with Gasteiger partial charge in [-0.25, -0.2) is 0 Å². The summed E-state index contributed by atoms with van der Waals surface area (Å²) in [4.78, 5) is 2.24. The van der Waals surface area contributed by atoms with Crippen LogP contribution in [0.3, 0.4) is 0 Å². The molecule has 1 aromatic heterocycles. The number of likely N-dealkylation sites (tertiary alicyclic amines) is 1. The first-order chi connectivity index (χ1) is 7.09. The highest BCUT2D eigenvalue weighted by molar-refractivity contribution is 5.15. The van der Waals surface area contributed by atoms with Crippen molar-refractivity contribution in [1.82, 2.24) is 10.1 Å². The maximum atomic E-state index is 6.06. The van der Waals surface area contributed by atoms with E-state index in [1.54, 1.807) is 0 Å². The van der Waals surface area contributed by atoms with Crippen molar-refractivity contribution in [2.75, 3.05) is 13.6 Å². The van der Waals surface area contributed by atoms with Crippen molar-refractivity contribution in [3.05, 3.63) is 17.5 Å². The number of nitrogens with two attached hydrogens (primary N) is 1. The van der Waals surface area contributed by atoms with Gasteiger partial charge in [-0.2, -0.15) is 0 Å². The van der Waals surface area contributed by atoms with Gasteiger partial charge < -0.3 is 10.3 Å². The van der Waals surface area contributed by atoms with Gasteiger partial charge in [-0.3, -0.25) is 4.90 Å². The van der Waals surface area contributed by atoms with Crippen LogP contribution in [0.5, 0.6) is 0 Å². The van der Waals surface area contributed by atoms with E-state index in [2.05, 4.69) is 31.0 Å². The second-order valence-electron chi connectivity index (χ2n) is 4.69. The van der Waals surface area contributed by atoms with Crippen molar-refractivity contribution in [3.8, 4) is 0 Å². The molecule has 0 radical (unpaired) electrons. The predicted octanol–water partition coefficient (Wildman–Crippen LogP) is 1.50. The predicted molar refractivity (Wildman–Crippen MR) is 58.6 cm³/mol. The summed E-state index contributed by atoms with van der Waals surface area (Å²) in [6.45, 7) is 5.24. The van der Waals surface area contributed by atoms with E-state index in [4.69, 9.17) is 10.3 Å². The zero-order valence-corrected chi connectivity index (χ0v) is 9.60. The van der Waals surface area contributed by atoms with Crippen molar-refractivity contribution < 1.29 is 4.52 Å². The Hall–Kier alpha value is -0.870. The van der Waals surface area contributed by atoms with Gasteiger partial charge in [0, 0.05) is 24.6 Å². The Labute approximate surface area is 90.4 Å². The van der Waals surface area contributed by atoms with Gasteiger partial charge in [-0.1, -0.05) is 19.0 Å². The SMILES string of the molecule is CC(C)c1cc(C2C(N)CCN2C)no1. The Bertz CT molecular complexity index is 324. The van der Waals surface area contributed by atoms with E-state index in [1.165, 1.54) is 0 Å². The molecule has 0 aromatic carbocycles. The van der Waals surface area contributed by atoms with E-state index in [9.17, 15) is 0 Å². The van der Waals surface area contributed by atoms with Crippen molar-refractivity contribution in [2.24, 2.45) is 5.73 Å². The molecule has 0 aliphatic carbocycles. The quantitative estimate of drug-likeness (QED) is 0.802. The molecular weight excluding hydrogens is 190 g/mol. The van der Waals surface area contributed by atoms with Gasteiger partial charge in [-0.15, -0.1) is 0 Å². The van der Waals surface area contributed by atoms with Crippen molar-refractivity contribution in [1.29, 1.82) is 0 Å². The third-order valence-corrected chi connectivity index (χ3v) is 3.11. The molecule has 4 heteroatoms. The first kappa shape index (κ1) is 10.6. The van der Waals surface area contributed by atoms with E-state index in [0.717, 1.165) is 24.4 Å². The normalized spacial score (nSPS) is 27.8. The summed E-state index contributed by atoms with van der Waals surface area (Å²) in [6.07, 6.45) is 1.03. The minimum absolute atomic E-state index is 0.181. The monoisotopic (exact) mass is 209 g/mol. The third kappa shape index (κ3) is 1.92. The Kier molecular flexibility index (Phi) is 2.80. The van der Waals surface area contributed by atoms with E-state index < -0.39 is 0 Å². The summed E-state index contributed by atoms with van der Waals surface area (Å²) >= 11 is 0. The van der Waals surface area contributed by atoms with Gasteiger partial charge in [0.15, 0.2) is 0 Å². The largest absolute Gasteiger partial charge is 0.361 e. The molecule has 1 aromatic rings. The van der Waals surface area contributed by atoms with Crippen LogP contribution in [0.15, 0.2) is 10.6 Å². The first-order valence-electron chi connectivity index (χ1n) is 5.52. The number of hydrogen-bond donors (Lipinski definition) is 1. The fraction of sp³-hybridized carbons (Fsp3) is 0.727. The van der Waals surface area contributed by atoms with Crippen molar-refractivity contribution in [2.45, 2.75) is 38.3 Å². The Balaban J connectivity index is 2.21. The zero-order chi connectivity index (χ0) is 11.0. The number of likely N-dealkylation sites (N-methyl/N-ethyl adjacent to an activating group) is 1. The lowest BCUT2D eigenvalue weighted by Crippen LogP contribution is -2.29. The highest BCUT2D eigenvalue weighted by Gasteiger charge is 2.32. The third-order valence-electron chi connectivity index (χ3n) is 3.11. The molecule has 2 rings (SSSR count). The second kappa shape index (κ2) is 3.94. The molecule has 0 spiro atoms. The lowest BCUT2D eigenvalue weighted by Gasteiger charge is -2.19. The number of nitrogens with zero attached hydrogens (tertiary/aromatic N) is 2. The Morgan fingerprint density at radius 1 is 1.60 bits per heavy atom. The van der Waals surface area contributed by atoms with Crippen LogP contribution in [-0.2, 0) is 0 Å². The summed E-state index contributed by atoms with van der Waals surface area (Å²) in [7, 11) is 2.08. The fourth-order valence-corrected chi connectivity index (χ4v) is 2.14. The smallest absolute Gasteiger partial charge is 0.139 e. The minimum Gasteiger partial charge on any atom is -0.361 e. The van der Waals surface area contributed by atoms with Gasteiger partial charge in [0.1, 0.15) is 11.5 Å². The summed E-state index contributed by atoms with van der Waals surface area (Å²) in [5.41, 5.74) is 7.04. The van der Waals surface area contributed by atoms with Crippen LogP contribution in [0.1, 0.15) is 43.7 Å². The Morgan fingerprint density at radius 3 is 2.80 bits per heavy atom. The Morgan fingerprint density at radius 2 is 2.33 bits per heavy atom. The number of aromatic nitrogens is 1. The second-order valence-corrected chi connectivity index (χ2v) is 4.69. The van der Waals surface area contributed by atoms with Gasteiger partial charge >= 0.3 is 0 Å². The summed E-state index contributed by atoms with van der Waals surface area (Å²) in [5.74, 6) is 1.33. The van der Waals surface area contributed by atoms with Gasteiger partial charge in [0.25, 0.3) is 0 Å². The van der Waals surface area contributed by atoms with Crippen LogP contribution in [0.2, 0.25) is 0 Å². The van der Waals surface area contributed by atoms with E-state index >= 15 is 0 Å². The van der Waals surface area contributed by atoms with Crippen LogP contribution in [0.4, 0.5) is 0 Å². The van der Waals surface area contributed by atoms with Gasteiger partial charge in [-0.05, 0) is 13.5 Å². The van der Waals surface area contributed by atoms with Crippen LogP contribution >= 0.6 is 0 Å². The molecule has 2 unspecified atom stereocenters. The average molecular weight is 209 g/mol. The molecule has 1 saturated heterocycles. The van der Waals surface area contributed by atoms with Crippen molar-refractivity contribution in [3.63, 3.8) is 0 Å².